The molecule has 0 aromatic rings. The molecular formula is C32H48O4. The standard InChI is InChI=1S/C32H48O4/c1-20(2)11-9-17-31(8)26-24(35-21(3)33)19-30(7)23-12-13-25-28(4,5)15-10-16-29(25,6)22(23)14-18-32(26,30)27(34)36-31/h11-12,22,24-26H,9-10,13-19H2,1-8H3/t22-,24+,25?,26+,29+,30-,31-,32+/m0/s1. The normalized spacial score (nSPS) is 46.4. The van der Waals surface area contributed by atoms with E-state index in [4.69, 9.17) is 9.47 Å². The van der Waals surface area contributed by atoms with Gasteiger partial charge >= 0.3 is 11.9 Å². The Bertz CT molecular complexity index is 1020. The molecule has 4 fully saturated rings. The Balaban J connectivity index is 1.60. The molecule has 0 aromatic carbocycles. The molecule has 1 aliphatic heterocycles. The topological polar surface area (TPSA) is 52.6 Å². The summed E-state index contributed by atoms with van der Waals surface area (Å²) in [7, 11) is 0. The van der Waals surface area contributed by atoms with Gasteiger partial charge in [0.25, 0.3) is 0 Å². The van der Waals surface area contributed by atoms with Gasteiger partial charge in [-0.2, -0.15) is 0 Å². The zero-order valence-electron chi connectivity index (χ0n) is 24.0. The number of carbonyl (C=O) groups excluding carboxylic acids is 2. The number of hydrogen-bond donors (Lipinski definition) is 0. The highest BCUT2D eigenvalue weighted by molar-refractivity contribution is 5.84. The van der Waals surface area contributed by atoms with Crippen molar-refractivity contribution in [3.63, 3.8) is 0 Å². The van der Waals surface area contributed by atoms with Crippen LogP contribution in [0.5, 0.6) is 0 Å². The predicted octanol–water partition coefficient (Wildman–Crippen LogP) is 7.57. The van der Waals surface area contributed by atoms with Crippen molar-refractivity contribution in [2.75, 3.05) is 0 Å². The van der Waals surface area contributed by atoms with Crippen molar-refractivity contribution in [3.8, 4) is 0 Å². The van der Waals surface area contributed by atoms with Crippen molar-refractivity contribution in [1.82, 2.24) is 0 Å². The van der Waals surface area contributed by atoms with Crippen molar-refractivity contribution in [2.24, 2.45) is 39.4 Å². The van der Waals surface area contributed by atoms with E-state index in [0.29, 0.717) is 17.3 Å². The highest BCUT2D eigenvalue weighted by Gasteiger charge is 2.79. The maximum absolute atomic E-state index is 14.1. The minimum Gasteiger partial charge on any atom is -0.462 e. The number of esters is 2. The zero-order valence-corrected chi connectivity index (χ0v) is 24.0. The van der Waals surface area contributed by atoms with Crippen molar-refractivity contribution in [1.29, 1.82) is 0 Å². The van der Waals surface area contributed by atoms with Gasteiger partial charge in [0.05, 0.1) is 11.3 Å². The molecule has 8 atom stereocenters. The van der Waals surface area contributed by atoms with Crippen LogP contribution in [-0.2, 0) is 19.1 Å². The summed E-state index contributed by atoms with van der Waals surface area (Å²) >= 11 is 0. The Morgan fingerprint density at radius 2 is 1.83 bits per heavy atom. The Labute approximate surface area is 218 Å². The molecule has 4 nitrogen and oxygen atoms in total. The fraction of sp³-hybridized carbons (Fsp3) is 0.812. The largest absolute Gasteiger partial charge is 0.462 e. The van der Waals surface area contributed by atoms with Crippen LogP contribution in [-0.4, -0.2) is 23.6 Å². The minimum absolute atomic E-state index is 0.0417. The molecule has 1 spiro atoms. The van der Waals surface area contributed by atoms with E-state index in [9.17, 15) is 9.59 Å². The lowest BCUT2D eigenvalue weighted by atomic mass is 9.41. The van der Waals surface area contributed by atoms with Crippen LogP contribution >= 0.6 is 0 Å². The fourth-order valence-electron chi connectivity index (χ4n) is 10.5. The van der Waals surface area contributed by atoms with E-state index >= 15 is 0 Å². The molecule has 36 heavy (non-hydrogen) atoms. The lowest BCUT2D eigenvalue weighted by Crippen LogP contribution is -2.57. The number of rotatable bonds is 4. The van der Waals surface area contributed by atoms with E-state index in [0.717, 1.165) is 38.5 Å². The van der Waals surface area contributed by atoms with Crippen LogP contribution in [0.3, 0.4) is 0 Å². The molecule has 0 aromatic heterocycles. The first-order valence-corrected chi connectivity index (χ1v) is 14.5. The third kappa shape index (κ3) is 3.37. The summed E-state index contributed by atoms with van der Waals surface area (Å²) in [6.07, 6.45) is 13.7. The summed E-state index contributed by atoms with van der Waals surface area (Å²) in [6.45, 7) is 17.6. The number of allylic oxidation sites excluding steroid dienone is 4. The number of fused-ring (bicyclic) bond motifs is 4. The molecular weight excluding hydrogens is 448 g/mol. The minimum atomic E-state index is -0.623. The van der Waals surface area contributed by atoms with E-state index in [2.05, 4.69) is 60.6 Å². The second-order valence-electron chi connectivity index (χ2n) is 14.5. The van der Waals surface area contributed by atoms with Crippen LogP contribution in [0.1, 0.15) is 113 Å². The lowest BCUT2D eigenvalue weighted by Gasteiger charge is -2.62. The maximum Gasteiger partial charge on any atom is 0.314 e. The van der Waals surface area contributed by atoms with E-state index in [1.54, 1.807) is 0 Å². The second-order valence-corrected chi connectivity index (χ2v) is 14.5. The fourth-order valence-corrected chi connectivity index (χ4v) is 10.5. The molecule has 0 bridgehead atoms. The number of hydrogen-bond acceptors (Lipinski definition) is 4. The third-order valence-corrected chi connectivity index (χ3v) is 11.8. The molecule has 5 aliphatic rings. The lowest BCUT2D eigenvalue weighted by molar-refractivity contribution is -0.162. The maximum atomic E-state index is 14.1. The van der Waals surface area contributed by atoms with Gasteiger partial charge in [0, 0.05) is 12.3 Å². The van der Waals surface area contributed by atoms with Gasteiger partial charge in [-0.1, -0.05) is 57.4 Å². The highest BCUT2D eigenvalue weighted by Crippen LogP contribution is 2.76. The first kappa shape index (κ1) is 26.0. The van der Waals surface area contributed by atoms with Crippen LogP contribution in [0.2, 0.25) is 0 Å². The number of cyclic esters (lactones) is 1. The number of ether oxygens (including phenoxy) is 2. The summed E-state index contributed by atoms with van der Waals surface area (Å²) < 4.78 is 12.5. The number of carbonyl (C=O) groups is 2. The average molecular weight is 497 g/mol. The van der Waals surface area contributed by atoms with Gasteiger partial charge in [-0.3, -0.25) is 9.59 Å². The predicted molar refractivity (Wildman–Crippen MR) is 142 cm³/mol. The molecule has 0 amide bonds. The smallest absolute Gasteiger partial charge is 0.314 e. The zero-order chi connectivity index (χ0) is 26.3. The van der Waals surface area contributed by atoms with E-state index < -0.39 is 11.0 Å². The Hall–Kier alpha value is -1.58. The first-order chi connectivity index (χ1) is 16.7. The average Bonchev–Trinajstić information content (AvgIpc) is 3.14. The quantitative estimate of drug-likeness (QED) is 0.297. The SMILES string of the molecule is CC(=O)O[C@@H]1C[C@@]2(C)C3=CCC4C(C)(C)CCC[C@]4(C)[C@H]3CC[C@@]23C(=O)O[C@@](C)(CCC=C(C)C)[C@@H]13. The Morgan fingerprint density at radius 1 is 1.11 bits per heavy atom. The first-order valence-electron chi connectivity index (χ1n) is 14.5. The van der Waals surface area contributed by atoms with Crippen molar-refractivity contribution in [2.45, 2.75) is 125 Å². The molecule has 1 unspecified atom stereocenters. The van der Waals surface area contributed by atoms with E-state index in [1.165, 1.54) is 37.3 Å². The van der Waals surface area contributed by atoms with Gasteiger partial charge in [0.1, 0.15) is 11.7 Å². The van der Waals surface area contributed by atoms with Gasteiger partial charge in [0.2, 0.25) is 0 Å². The second kappa shape index (κ2) is 8.21. The molecule has 0 N–H and O–H groups in total. The Morgan fingerprint density at radius 3 is 2.50 bits per heavy atom. The van der Waals surface area contributed by atoms with Crippen LogP contribution < -0.4 is 0 Å². The Kier molecular flexibility index (Phi) is 5.94. The van der Waals surface area contributed by atoms with Gasteiger partial charge in [-0.15, -0.1) is 0 Å². The van der Waals surface area contributed by atoms with Gasteiger partial charge < -0.3 is 9.47 Å². The monoisotopic (exact) mass is 496 g/mol. The highest BCUT2D eigenvalue weighted by atomic mass is 16.6. The summed E-state index contributed by atoms with van der Waals surface area (Å²) in [6, 6.07) is 0. The van der Waals surface area contributed by atoms with Crippen molar-refractivity contribution in [3.05, 3.63) is 23.3 Å². The molecule has 5 rings (SSSR count). The summed E-state index contributed by atoms with van der Waals surface area (Å²) in [4.78, 5) is 26.4. The van der Waals surface area contributed by atoms with Crippen molar-refractivity contribution >= 4 is 11.9 Å². The molecule has 1 heterocycles. The van der Waals surface area contributed by atoms with Gasteiger partial charge in [-0.25, -0.2) is 0 Å². The van der Waals surface area contributed by atoms with Gasteiger partial charge in [-0.05, 0) is 94.8 Å². The molecule has 4 aliphatic carbocycles. The summed E-state index contributed by atoms with van der Waals surface area (Å²) in [5, 5.41) is 0. The summed E-state index contributed by atoms with van der Waals surface area (Å²) in [5.74, 6) is 0.774. The molecule has 4 heteroatoms. The van der Waals surface area contributed by atoms with Crippen LogP contribution in [0.4, 0.5) is 0 Å². The molecule has 3 saturated carbocycles. The summed E-state index contributed by atoms with van der Waals surface area (Å²) in [5.41, 5.74) is 1.80. The van der Waals surface area contributed by atoms with Crippen LogP contribution in [0.15, 0.2) is 23.3 Å². The third-order valence-electron chi connectivity index (χ3n) is 11.8. The van der Waals surface area contributed by atoms with Gasteiger partial charge in [0.15, 0.2) is 0 Å². The van der Waals surface area contributed by atoms with Crippen LogP contribution in [0.25, 0.3) is 0 Å². The van der Waals surface area contributed by atoms with E-state index in [1.807, 2.05) is 0 Å². The van der Waals surface area contributed by atoms with Crippen molar-refractivity contribution < 1.29 is 19.1 Å². The van der Waals surface area contributed by atoms with E-state index in [-0.39, 0.29) is 34.8 Å². The molecule has 200 valence electrons. The molecule has 1 saturated heterocycles. The van der Waals surface area contributed by atoms with Crippen LogP contribution in [0, 0.1) is 39.4 Å². The molecule has 0 radical (unpaired) electrons.